The molecule has 1 saturated carbocycles. The third kappa shape index (κ3) is 5.21. The van der Waals surface area contributed by atoms with Crippen LogP contribution in [0.2, 0.25) is 0 Å². The molecule has 1 saturated heterocycles. The van der Waals surface area contributed by atoms with Gasteiger partial charge in [0.2, 0.25) is 0 Å². The Labute approximate surface area is 127 Å². The number of carboxylic acids is 1. The van der Waals surface area contributed by atoms with Crippen LogP contribution >= 0.6 is 0 Å². The Hall–Kier alpha value is -1.26. The van der Waals surface area contributed by atoms with Gasteiger partial charge < -0.3 is 15.3 Å². The molecular formula is C16H28N2O3. The number of amides is 2. The SMILES string of the molecule is CC1CCC(NC(=O)N2CCC(CCC(=O)O)CC2)CC1. The van der Waals surface area contributed by atoms with Gasteiger partial charge in [-0.2, -0.15) is 0 Å². The standard InChI is InChI=1S/C16H28N2O3/c1-12-2-5-14(6-3-12)17-16(21)18-10-8-13(9-11-18)4-7-15(19)20/h12-14H,2-11H2,1H3,(H,17,21)(H,19,20). The highest BCUT2D eigenvalue weighted by atomic mass is 16.4. The summed E-state index contributed by atoms with van der Waals surface area (Å²) in [6.07, 6.45) is 7.47. The molecule has 2 fully saturated rings. The number of rotatable bonds is 4. The third-order valence-corrected chi connectivity index (χ3v) is 5.01. The Morgan fingerprint density at radius 1 is 1.10 bits per heavy atom. The highest BCUT2D eigenvalue weighted by Gasteiger charge is 2.26. The predicted molar refractivity (Wildman–Crippen MR) is 81.1 cm³/mol. The molecule has 1 aliphatic carbocycles. The molecule has 2 rings (SSSR count). The molecule has 0 atom stereocenters. The van der Waals surface area contributed by atoms with Gasteiger partial charge in [-0.25, -0.2) is 4.79 Å². The van der Waals surface area contributed by atoms with Crippen LogP contribution in [0, 0.1) is 11.8 Å². The number of carboxylic acid groups (broad SMARTS) is 1. The van der Waals surface area contributed by atoms with E-state index in [2.05, 4.69) is 12.2 Å². The molecule has 0 unspecified atom stereocenters. The molecule has 0 aromatic carbocycles. The van der Waals surface area contributed by atoms with Crippen LogP contribution < -0.4 is 5.32 Å². The number of piperidine rings is 1. The fraction of sp³-hybridized carbons (Fsp3) is 0.875. The minimum atomic E-state index is -0.721. The van der Waals surface area contributed by atoms with Gasteiger partial charge in [0.15, 0.2) is 0 Å². The van der Waals surface area contributed by atoms with E-state index in [1.165, 1.54) is 12.8 Å². The van der Waals surface area contributed by atoms with Gasteiger partial charge in [0, 0.05) is 25.6 Å². The Balaban J connectivity index is 1.67. The second-order valence-electron chi connectivity index (χ2n) is 6.77. The minimum Gasteiger partial charge on any atom is -0.481 e. The van der Waals surface area contributed by atoms with E-state index in [0.717, 1.165) is 51.1 Å². The zero-order valence-electron chi connectivity index (χ0n) is 13.0. The fourth-order valence-corrected chi connectivity index (χ4v) is 3.42. The van der Waals surface area contributed by atoms with Gasteiger partial charge in [0.05, 0.1) is 0 Å². The van der Waals surface area contributed by atoms with Crippen LogP contribution in [0.5, 0.6) is 0 Å². The smallest absolute Gasteiger partial charge is 0.317 e. The van der Waals surface area contributed by atoms with Crippen LogP contribution in [0.15, 0.2) is 0 Å². The topological polar surface area (TPSA) is 69.6 Å². The fourth-order valence-electron chi connectivity index (χ4n) is 3.42. The van der Waals surface area contributed by atoms with Crippen LogP contribution in [-0.2, 0) is 4.79 Å². The van der Waals surface area contributed by atoms with E-state index in [1.54, 1.807) is 0 Å². The van der Waals surface area contributed by atoms with Gasteiger partial charge in [-0.1, -0.05) is 6.92 Å². The summed E-state index contributed by atoms with van der Waals surface area (Å²) in [5, 5.41) is 11.9. The van der Waals surface area contributed by atoms with E-state index in [-0.39, 0.29) is 12.5 Å². The maximum atomic E-state index is 12.2. The van der Waals surface area contributed by atoms with Crippen molar-refractivity contribution in [2.24, 2.45) is 11.8 Å². The van der Waals surface area contributed by atoms with Gasteiger partial charge in [-0.15, -0.1) is 0 Å². The lowest BCUT2D eigenvalue weighted by Gasteiger charge is -2.34. The first-order valence-electron chi connectivity index (χ1n) is 8.32. The van der Waals surface area contributed by atoms with Crippen LogP contribution in [0.25, 0.3) is 0 Å². The molecule has 5 nitrogen and oxygen atoms in total. The summed E-state index contributed by atoms with van der Waals surface area (Å²) < 4.78 is 0. The van der Waals surface area contributed by atoms with Gasteiger partial charge in [-0.05, 0) is 56.8 Å². The first-order valence-corrected chi connectivity index (χ1v) is 8.32. The molecule has 0 aromatic heterocycles. The van der Waals surface area contributed by atoms with Crippen molar-refractivity contribution < 1.29 is 14.7 Å². The zero-order chi connectivity index (χ0) is 15.2. The number of aliphatic carboxylic acids is 1. The number of hydrogen-bond donors (Lipinski definition) is 2. The number of carbonyl (C=O) groups excluding carboxylic acids is 1. The molecule has 2 amide bonds. The molecule has 2 N–H and O–H groups in total. The van der Waals surface area contributed by atoms with Crippen LogP contribution in [0.3, 0.4) is 0 Å². The molecule has 0 spiro atoms. The summed E-state index contributed by atoms with van der Waals surface area (Å²) in [7, 11) is 0. The lowest BCUT2D eigenvalue weighted by atomic mass is 9.87. The lowest BCUT2D eigenvalue weighted by molar-refractivity contribution is -0.137. The van der Waals surface area contributed by atoms with E-state index in [0.29, 0.717) is 12.0 Å². The number of likely N-dealkylation sites (tertiary alicyclic amines) is 1. The predicted octanol–water partition coefficient (Wildman–Crippen LogP) is 2.85. The summed E-state index contributed by atoms with van der Waals surface area (Å²) in [5.41, 5.74) is 0. The molecule has 5 heteroatoms. The minimum absolute atomic E-state index is 0.0752. The maximum Gasteiger partial charge on any atom is 0.317 e. The highest BCUT2D eigenvalue weighted by Crippen LogP contribution is 2.25. The summed E-state index contributed by atoms with van der Waals surface area (Å²) in [4.78, 5) is 24.7. The van der Waals surface area contributed by atoms with Gasteiger partial charge in [-0.3, -0.25) is 4.79 Å². The Bertz CT molecular complexity index is 357. The summed E-state index contributed by atoms with van der Waals surface area (Å²) >= 11 is 0. The molecule has 120 valence electrons. The van der Waals surface area contributed by atoms with Crippen molar-refractivity contribution in [3.05, 3.63) is 0 Å². The van der Waals surface area contributed by atoms with Crippen molar-refractivity contribution in [1.82, 2.24) is 10.2 Å². The van der Waals surface area contributed by atoms with Crippen molar-refractivity contribution in [3.63, 3.8) is 0 Å². The molecule has 2 aliphatic rings. The average Bonchev–Trinajstić information content (AvgIpc) is 2.48. The number of carbonyl (C=O) groups is 2. The Morgan fingerprint density at radius 3 is 2.29 bits per heavy atom. The van der Waals surface area contributed by atoms with Crippen LogP contribution in [0.1, 0.15) is 58.3 Å². The number of urea groups is 1. The van der Waals surface area contributed by atoms with E-state index >= 15 is 0 Å². The highest BCUT2D eigenvalue weighted by molar-refractivity contribution is 5.74. The van der Waals surface area contributed by atoms with E-state index in [9.17, 15) is 9.59 Å². The normalized spacial score (nSPS) is 27.4. The Morgan fingerprint density at radius 2 is 1.71 bits per heavy atom. The molecule has 21 heavy (non-hydrogen) atoms. The van der Waals surface area contributed by atoms with Gasteiger partial charge in [0.25, 0.3) is 0 Å². The second-order valence-corrected chi connectivity index (χ2v) is 6.77. The summed E-state index contributed by atoms with van der Waals surface area (Å²) in [6.45, 7) is 3.80. The average molecular weight is 296 g/mol. The summed E-state index contributed by atoms with van der Waals surface area (Å²) in [5.74, 6) is 0.533. The van der Waals surface area contributed by atoms with Crippen LogP contribution in [0.4, 0.5) is 4.79 Å². The Kier molecular flexibility index (Phi) is 5.88. The van der Waals surface area contributed by atoms with Gasteiger partial charge >= 0.3 is 12.0 Å². The number of hydrogen-bond acceptors (Lipinski definition) is 2. The van der Waals surface area contributed by atoms with E-state index in [1.807, 2.05) is 4.90 Å². The monoisotopic (exact) mass is 296 g/mol. The first kappa shape index (κ1) is 16.1. The summed E-state index contributed by atoms with van der Waals surface area (Å²) in [6, 6.07) is 0.421. The molecule has 1 aliphatic heterocycles. The third-order valence-electron chi connectivity index (χ3n) is 5.01. The van der Waals surface area contributed by atoms with Crippen molar-refractivity contribution in [2.75, 3.05) is 13.1 Å². The van der Waals surface area contributed by atoms with Crippen LogP contribution in [-0.4, -0.2) is 41.1 Å². The lowest BCUT2D eigenvalue weighted by Crippen LogP contribution is -2.48. The van der Waals surface area contributed by atoms with Crippen molar-refractivity contribution >= 4 is 12.0 Å². The number of nitrogens with zero attached hydrogens (tertiary/aromatic N) is 1. The molecular weight excluding hydrogens is 268 g/mol. The molecule has 0 radical (unpaired) electrons. The van der Waals surface area contributed by atoms with Gasteiger partial charge in [0.1, 0.15) is 0 Å². The largest absolute Gasteiger partial charge is 0.481 e. The maximum absolute atomic E-state index is 12.2. The van der Waals surface area contributed by atoms with E-state index in [4.69, 9.17) is 5.11 Å². The molecule has 0 aromatic rings. The van der Waals surface area contributed by atoms with Crippen molar-refractivity contribution in [2.45, 2.75) is 64.3 Å². The molecule has 0 bridgehead atoms. The quantitative estimate of drug-likeness (QED) is 0.838. The van der Waals surface area contributed by atoms with Crippen molar-refractivity contribution in [1.29, 1.82) is 0 Å². The van der Waals surface area contributed by atoms with E-state index < -0.39 is 5.97 Å². The second kappa shape index (κ2) is 7.66. The molecule has 1 heterocycles. The van der Waals surface area contributed by atoms with Crippen molar-refractivity contribution in [3.8, 4) is 0 Å². The first-order chi connectivity index (χ1) is 10.0. The number of nitrogens with one attached hydrogen (secondary N) is 1. The zero-order valence-corrected chi connectivity index (χ0v) is 13.0.